The fourth-order valence-corrected chi connectivity index (χ4v) is 4.74. The Morgan fingerprint density at radius 1 is 0.977 bits per heavy atom. The van der Waals surface area contributed by atoms with Gasteiger partial charge < -0.3 is 9.64 Å². The fraction of sp³-hybridized carbons (Fsp3) is 0.125. The van der Waals surface area contributed by atoms with Gasteiger partial charge in [-0.1, -0.05) is 72.8 Å². The largest absolute Gasteiger partial charge is 0.445 e. The predicted molar refractivity (Wildman–Crippen MR) is 157 cm³/mol. The van der Waals surface area contributed by atoms with E-state index < -0.39 is 41.2 Å². The fourth-order valence-electron chi connectivity index (χ4n) is 4.74. The summed E-state index contributed by atoms with van der Waals surface area (Å²) in [5.41, 5.74) is 1.84. The smallest absolute Gasteiger partial charge is 0.409 e. The van der Waals surface area contributed by atoms with Gasteiger partial charge in [0.1, 0.15) is 12.4 Å². The third-order valence-electron chi connectivity index (χ3n) is 6.80. The first-order valence-corrected chi connectivity index (χ1v) is 13.2. The van der Waals surface area contributed by atoms with E-state index in [1.54, 1.807) is 55.5 Å². The summed E-state index contributed by atoms with van der Waals surface area (Å²) in [7, 11) is 0. The van der Waals surface area contributed by atoms with Gasteiger partial charge in [-0.25, -0.2) is 14.2 Å². The normalized spacial score (nSPS) is 14.3. The third kappa shape index (κ3) is 6.30. The second-order valence-electron chi connectivity index (χ2n) is 9.69. The Labute approximate surface area is 245 Å². The van der Waals surface area contributed by atoms with Gasteiger partial charge in [0.2, 0.25) is 6.17 Å². The second kappa shape index (κ2) is 12.4. The number of nitro benzene ring substituents is 1. The molecule has 216 valence electrons. The van der Waals surface area contributed by atoms with Crippen LogP contribution in [0.5, 0.6) is 0 Å². The number of fused-ring (bicyclic) bond motifs is 1. The van der Waals surface area contributed by atoms with Gasteiger partial charge in [-0.3, -0.25) is 25.0 Å². The van der Waals surface area contributed by atoms with E-state index in [0.29, 0.717) is 16.7 Å². The Morgan fingerprint density at radius 3 is 2.42 bits per heavy atom. The molecule has 0 radical (unpaired) electrons. The Bertz CT molecular complexity index is 1760. The van der Waals surface area contributed by atoms with Crippen molar-refractivity contribution >= 4 is 34.9 Å². The van der Waals surface area contributed by atoms with Crippen molar-refractivity contribution in [2.24, 2.45) is 4.99 Å². The first-order valence-electron chi connectivity index (χ1n) is 13.2. The Hall–Kier alpha value is -5.71. The van der Waals surface area contributed by atoms with Crippen molar-refractivity contribution in [1.29, 1.82) is 0 Å². The van der Waals surface area contributed by atoms with Crippen LogP contribution in [0.15, 0.2) is 102 Å². The molecule has 0 bridgehead atoms. The van der Waals surface area contributed by atoms with Crippen LogP contribution in [0, 0.1) is 22.9 Å². The van der Waals surface area contributed by atoms with E-state index in [2.05, 4.69) is 10.3 Å². The number of nitro groups is 1. The zero-order chi connectivity index (χ0) is 30.5. The van der Waals surface area contributed by atoms with E-state index >= 15 is 4.39 Å². The molecule has 5 rings (SSSR count). The van der Waals surface area contributed by atoms with Crippen LogP contribution in [0.1, 0.15) is 32.6 Å². The van der Waals surface area contributed by atoms with Gasteiger partial charge in [-0.05, 0) is 30.2 Å². The lowest BCUT2D eigenvalue weighted by Gasteiger charge is -2.26. The zero-order valence-corrected chi connectivity index (χ0v) is 22.9. The SMILES string of the molecule is Cc1cccc2c1N(CC(=O)c1cccc([N+](=O)[O-])c1)C(=O)C(NC(=O)OCc1ccccc1)N=C2c1ccccc1F. The van der Waals surface area contributed by atoms with Crippen LogP contribution in [-0.2, 0) is 16.1 Å². The second-order valence-corrected chi connectivity index (χ2v) is 9.69. The number of Topliss-reactive ketones (excluding diaryl/α,β-unsaturated/α-hetero) is 1. The summed E-state index contributed by atoms with van der Waals surface area (Å²) in [5, 5.41) is 13.7. The van der Waals surface area contributed by atoms with Crippen molar-refractivity contribution in [2.45, 2.75) is 19.7 Å². The van der Waals surface area contributed by atoms with Crippen LogP contribution in [-0.4, -0.2) is 41.1 Å². The molecule has 2 amide bonds. The summed E-state index contributed by atoms with van der Waals surface area (Å²) in [6, 6.07) is 25.0. The third-order valence-corrected chi connectivity index (χ3v) is 6.80. The van der Waals surface area contributed by atoms with Gasteiger partial charge in [0.05, 0.1) is 22.9 Å². The van der Waals surface area contributed by atoms with Crippen LogP contribution in [0.2, 0.25) is 0 Å². The first kappa shape index (κ1) is 28.8. The number of para-hydroxylation sites is 1. The quantitative estimate of drug-likeness (QED) is 0.170. The first-order chi connectivity index (χ1) is 20.7. The van der Waals surface area contributed by atoms with Crippen molar-refractivity contribution in [3.8, 4) is 0 Å². The number of amides is 2. The van der Waals surface area contributed by atoms with Crippen LogP contribution in [0.4, 0.5) is 20.6 Å². The number of halogens is 1. The van der Waals surface area contributed by atoms with Crippen molar-refractivity contribution < 1.29 is 28.4 Å². The van der Waals surface area contributed by atoms with Gasteiger partial charge in [-0.15, -0.1) is 0 Å². The number of benzene rings is 4. The number of alkyl carbamates (subject to hydrolysis) is 1. The number of rotatable bonds is 8. The van der Waals surface area contributed by atoms with Crippen LogP contribution in [0.3, 0.4) is 0 Å². The highest BCUT2D eigenvalue weighted by molar-refractivity contribution is 6.21. The van der Waals surface area contributed by atoms with Crippen LogP contribution >= 0.6 is 0 Å². The minimum absolute atomic E-state index is 0.0170. The molecule has 4 aromatic carbocycles. The highest BCUT2D eigenvalue weighted by Crippen LogP contribution is 2.32. The number of non-ortho nitro benzene ring substituents is 1. The summed E-state index contributed by atoms with van der Waals surface area (Å²) in [5.74, 6) is -1.98. The summed E-state index contributed by atoms with van der Waals surface area (Å²) >= 11 is 0. The molecule has 43 heavy (non-hydrogen) atoms. The summed E-state index contributed by atoms with van der Waals surface area (Å²) < 4.78 is 20.4. The average molecular weight is 581 g/mol. The molecule has 0 saturated carbocycles. The lowest BCUT2D eigenvalue weighted by atomic mass is 9.97. The number of aryl methyl sites for hydroxylation is 1. The van der Waals surface area contributed by atoms with Crippen LogP contribution in [0.25, 0.3) is 0 Å². The highest BCUT2D eigenvalue weighted by Gasteiger charge is 2.36. The minimum Gasteiger partial charge on any atom is -0.445 e. The summed E-state index contributed by atoms with van der Waals surface area (Å²) in [6.07, 6.45) is -2.55. The van der Waals surface area contributed by atoms with Crippen molar-refractivity contribution in [2.75, 3.05) is 11.4 Å². The molecule has 11 heteroatoms. The van der Waals surface area contributed by atoms with Crippen molar-refractivity contribution in [1.82, 2.24) is 5.32 Å². The maximum atomic E-state index is 15.1. The minimum atomic E-state index is -1.59. The number of carbonyl (C=O) groups is 3. The molecule has 0 aliphatic carbocycles. The van der Waals surface area contributed by atoms with E-state index in [1.165, 1.54) is 36.4 Å². The molecule has 0 spiro atoms. The zero-order valence-electron chi connectivity index (χ0n) is 22.9. The lowest BCUT2D eigenvalue weighted by molar-refractivity contribution is -0.384. The molecule has 0 fully saturated rings. The number of ether oxygens (including phenoxy) is 1. The van der Waals surface area contributed by atoms with E-state index in [1.807, 2.05) is 6.07 Å². The number of hydrogen-bond acceptors (Lipinski definition) is 7. The number of hydrogen-bond donors (Lipinski definition) is 1. The van der Waals surface area contributed by atoms with Gasteiger partial charge in [-0.2, -0.15) is 0 Å². The Balaban J connectivity index is 1.56. The number of carbonyl (C=O) groups excluding carboxylic acids is 3. The van der Waals surface area contributed by atoms with Gasteiger partial charge in [0, 0.05) is 28.8 Å². The van der Waals surface area contributed by atoms with Gasteiger partial charge in [0.15, 0.2) is 5.78 Å². The number of anilines is 1. The van der Waals surface area contributed by atoms with Gasteiger partial charge >= 0.3 is 6.09 Å². The number of ketones is 1. The number of aliphatic imine (C=N–C) groups is 1. The maximum absolute atomic E-state index is 15.1. The summed E-state index contributed by atoms with van der Waals surface area (Å²) in [6.45, 7) is 1.11. The molecular weight excluding hydrogens is 555 g/mol. The lowest BCUT2D eigenvalue weighted by Crippen LogP contribution is -2.49. The molecule has 4 aromatic rings. The van der Waals surface area contributed by atoms with Crippen molar-refractivity contribution in [3.63, 3.8) is 0 Å². The summed E-state index contributed by atoms with van der Waals surface area (Å²) in [4.78, 5) is 56.7. The Morgan fingerprint density at radius 2 is 1.67 bits per heavy atom. The standard InChI is InChI=1S/C32H25FN4O6/c1-20-9-7-15-25-28(24-14-5-6-16-26(24)33)34-30(35-32(40)43-19-21-10-3-2-4-11-21)31(39)36(29(20)25)18-27(38)22-12-8-13-23(17-22)37(41)42/h2-17,30H,18-19H2,1H3,(H,35,40). The maximum Gasteiger partial charge on any atom is 0.409 e. The topological polar surface area (TPSA) is 131 Å². The Kier molecular flexibility index (Phi) is 8.33. The highest BCUT2D eigenvalue weighted by atomic mass is 19.1. The molecule has 1 heterocycles. The van der Waals surface area contributed by atoms with E-state index in [0.717, 1.165) is 11.0 Å². The molecule has 1 unspecified atom stereocenters. The molecule has 1 N–H and O–H groups in total. The predicted octanol–water partition coefficient (Wildman–Crippen LogP) is 5.36. The van der Waals surface area contributed by atoms with Crippen molar-refractivity contribution in [3.05, 3.63) is 141 Å². The molecular formula is C32H25FN4O6. The number of nitrogens with one attached hydrogen (secondary N) is 1. The average Bonchev–Trinajstić information content (AvgIpc) is 3.12. The van der Waals surface area contributed by atoms with E-state index in [-0.39, 0.29) is 34.8 Å². The molecule has 1 aliphatic heterocycles. The number of benzodiazepines with no additional fused rings is 1. The molecule has 0 saturated heterocycles. The monoisotopic (exact) mass is 580 g/mol. The van der Waals surface area contributed by atoms with E-state index in [9.17, 15) is 24.5 Å². The molecule has 1 aliphatic rings. The van der Waals surface area contributed by atoms with E-state index in [4.69, 9.17) is 4.74 Å². The molecule has 0 aromatic heterocycles. The molecule has 10 nitrogen and oxygen atoms in total. The molecule has 1 atom stereocenters. The van der Waals surface area contributed by atoms with Gasteiger partial charge in [0.25, 0.3) is 11.6 Å². The van der Waals surface area contributed by atoms with Crippen LogP contribution < -0.4 is 10.2 Å². The number of nitrogens with zero attached hydrogens (tertiary/aromatic N) is 3.